The maximum absolute atomic E-state index is 5.28. The van der Waals surface area contributed by atoms with Crippen molar-refractivity contribution in [3.8, 4) is 0 Å². The van der Waals surface area contributed by atoms with E-state index in [-0.39, 0.29) is 0 Å². The Morgan fingerprint density at radius 3 is 3.06 bits per heavy atom. The lowest BCUT2D eigenvalue weighted by atomic mass is 10.4. The summed E-state index contributed by atoms with van der Waals surface area (Å²) in [5.74, 6) is 0. The molecule has 0 radical (unpaired) electrons. The summed E-state index contributed by atoms with van der Waals surface area (Å²) in [7, 11) is 1.70. The first-order valence-corrected chi connectivity index (χ1v) is 5.65. The Hall–Kier alpha value is -0.910. The van der Waals surface area contributed by atoms with Crippen molar-refractivity contribution in [2.75, 3.05) is 33.5 Å². The fourth-order valence-corrected chi connectivity index (χ4v) is 1.32. The number of hydrogen-bond donors (Lipinski definition) is 1. The van der Waals surface area contributed by atoms with Gasteiger partial charge in [0.25, 0.3) is 0 Å². The Bertz CT molecular complexity index is 276. The van der Waals surface area contributed by atoms with Gasteiger partial charge in [-0.1, -0.05) is 0 Å². The standard InChI is InChI=1S/C11H21N3O2/c1-3-16-7-5-14-9-11(13-10-14)8-12-4-6-15-2/h9-10,12H,3-8H2,1-2H3. The number of aromatic nitrogens is 2. The lowest BCUT2D eigenvalue weighted by Crippen LogP contribution is -2.18. The second-order valence-electron chi connectivity index (χ2n) is 3.47. The first-order valence-electron chi connectivity index (χ1n) is 5.65. The van der Waals surface area contributed by atoms with Gasteiger partial charge in [0.2, 0.25) is 0 Å². The fourth-order valence-electron chi connectivity index (χ4n) is 1.32. The van der Waals surface area contributed by atoms with Crippen LogP contribution in [0.25, 0.3) is 0 Å². The molecule has 0 amide bonds. The van der Waals surface area contributed by atoms with Gasteiger partial charge in [-0.05, 0) is 6.92 Å². The Morgan fingerprint density at radius 2 is 2.31 bits per heavy atom. The molecule has 0 fully saturated rings. The second-order valence-corrected chi connectivity index (χ2v) is 3.47. The molecule has 1 N–H and O–H groups in total. The molecule has 0 unspecified atom stereocenters. The molecule has 0 aliphatic carbocycles. The van der Waals surface area contributed by atoms with Crippen LogP contribution in [0.4, 0.5) is 0 Å². The third-order valence-electron chi connectivity index (χ3n) is 2.17. The first kappa shape index (κ1) is 13.2. The molecule has 0 aromatic carbocycles. The van der Waals surface area contributed by atoms with Gasteiger partial charge in [-0.25, -0.2) is 4.98 Å². The van der Waals surface area contributed by atoms with Crippen molar-refractivity contribution in [2.24, 2.45) is 0 Å². The predicted molar refractivity (Wildman–Crippen MR) is 62.3 cm³/mol. The van der Waals surface area contributed by atoms with Crippen LogP contribution in [0.3, 0.4) is 0 Å². The Morgan fingerprint density at radius 1 is 1.44 bits per heavy atom. The minimum Gasteiger partial charge on any atom is -0.383 e. The average molecular weight is 227 g/mol. The van der Waals surface area contributed by atoms with E-state index < -0.39 is 0 Å². The minimum atomic E-state index is 0.727. The normalized spacial score (nSPS) is 10.9. The van der Waals surface area contributed by atoms with Crippen LogP contribution < -0.4 is 5.32 Å². The molecule has 0 bridgehead atoms. The van der Waals surface area contributed by atoms with Crippen LogP contribution in [0.1, 0.15) is 12.6 Å². The number of methoxy groups -OCH3 is 1. The Labute approximate surface area is 96.8 Å². The van der Waals surface area contributed by atoms with E-state index in [2.05, 4.69) is 10.3 Å². The number of nitrogens with one attached hydrogen (secondary N) is 1. The second kappa shape index (κ2) is 8.27. The van der Waals surface area contributed by atoms with Gasteiger partial charge in [0, 0.05) is 39.5 Å². The molecular formula is C11H21N3O2. The molecule has 1 rings (SSSR count). The zero-order valence-electron chi connectivity index (χ0n) is 10.1. The van der Waals surface area contributed by atoms with Gasteiger partial charge in [0.15, 0.2) is 0 Å². The molecule has 1 aromatic rings. The van der Waals surface area contributed by atoms with E-state index in [4.69, 9.17) is 9.47 Å². The number of rotatable bonds is 9. The van der Waals surface area contributed by atoms with Crippen LogP contribution in [0.2, 0.25) is 0 Å². The molecule has 0 aliphatic rings. The average Bonchev–Trinajstić information content (AvgIpc) is 2.73. The predicted octanol–water partition coefficient (Wildman–Crippen LogP) is 0.656. The summed E-state index contributed by atoms with van der Waals surface area (Å²) in [4.78, 5) is 4.30. The van der Waals surface area contributed by atoms with Crippen molar-refractivity contribution in [1.82, 2.24) is 14.9 Å². The van der Waals surface area contributed by atoms with Crippen LogP contribution in [-0.2, 0) is 22.6 Å². The largest absolute Gasteiger partial charge is 0.383 e. The molecule has 92 valence electrons. The molecule has 5 nitrogen and oxygen atoms in total. The molecule has 0 aliphatic heterocycles. The van der Waals surface area contributed by atoms with Gasteiger partial charge < -0.3 is 19.4 Å². The molecular weight excluding hydrogens is 206 g/mol. The van der Waals surface area contributed by atoms with Gasteiger partial charge in [0.05, 0.1) is 25.2 Å². The summed E-state index contributed by atoms with van der Waals surface area (Å²) >= 11 is 0. The maximum atomic E-state index is 5.28. The molecule has 0 atom stereocenters. The zero-order valence-corrected chi connectivity index (χ0v) is 10.1. The van der Waals surface area contributed by atoms with Gasteiger partial charge in [0.1, 0.15) is 0 Å². The van der Waals surface area contributed by atoms with Crippen molar-refractivity contribution >= 4 is 0 Å². The highest BCUT2D eigenvalue weighted by molar-refractivity contribution is 4.95. The van der Waals surface area contributed by atoms with E-state index in [1.54, 1.807) is 7.11 Å². The smallest absolute Gasteiger partial charge is 0.0950 e. The molecule has 5 heteroatoms. The van der Waals surface area contributed by atoms with Crippen molar-refractivity contribution < 1.29 is 9.47 Å². The molecule has 1 aromatic heterocycles. The van der Waals surface area contributed by atoms with Crippen molar-refractivity contribution in [1.29, 1.82) is 0 Å². The monoisotopic (exact) mass is 227 g/mol. The Kier molecular flexibility index (Phi) is 6.80. The summed E-state index contributed by atoms with van der Waals surface area (Å²) in [6.45, 7) is 6.72. The van der Waals surface area contributed by atoms with E-state index in [1.165, 1.54) is 0 Å². The fraction of sp³-hybridized carbons (Fsp3) is 0.727. The highest BCUT2D eigenvalue weighted by Gasteiger charge is 1.98. The van der Waals surface area contributed by atoms with Crippen LogP contribution in [0.5, 0.6) is 0 Å². The van der Waals surface area contributed by atoms with Crippen molar-refractivity contribution in [2.45, 2.75) is 20.0 Å². The summed E-state index contributed by atoms with van der Waals surface area (Å²) in [5.41, 5.74) is 1.05. The van der Waals surface area contributed by atoms with E-state index >= 15 is 0 Å². The van der Waals surface area contributed by atoms with Gasteiger partial charge >= 0.3 is 0 Å². The summed E-state index contributed by atoms with van der Waals surface area (Å²) < 4.78 is 12.3. The number of nitrogens with zero attached hydrogens (tertiary/aromatic N) is 2. The maximum Gasteiger partial charge on any atom is 0.0950 e. The van der Waals surface area contributed by atoms with Crippen LogP contribution in [0, 0.1) is 0 Å². The van der Waals surface area contributed by atoms with Gasteiger partial charge in [-0.2, -0.15) is 0 Å². The first-order chi connectivity index (χ1) is 7.86. The van der Waals surface area contributed by atoms with Crippen LogP contribution in [0.15, 0.2) is 12.5 Å². The minimum absolute atomic E-state index is 0.727. The summed E-state index contributed by atoms with van der Waals surface area (Å²) in [6, 6.07) is 0. The quantitative estimate of drug-likeness (QED) is 0.629. The summed E-state index contributed by atoms with van der Waals surface area (Å²) in [6.07, 6.45) is 3.88. The third-order valence-corrected chi connectivity index (χ3v) is 2.17. The molecule has 16 heavy (non-hydrogen) atoms. The van der Waals surface area contributed by atoms with E-state index in [9.17, 15) is 0 Å². The summed E-state index contributed by atoms with van der Waals surface area (Å²) in [5, 5.41) is 3.25. The molecule has 0 saturated carbocycles. The van der Waals surface area contributed by atoms with Gasteiger partial charge in [-0.15, -0.1) is 0 Å². The van der Waals surface area contributed by atoms with Crippen molar-refractivity contribution in [3.05, 3.63) is 18.2 Å². The Balaban J connectivity index is 2.17. The van der Waals surface area contributed by atoms with Crippen LogP contribution in [-0.4, -0.2) is 43.0 Å². The highest BCUT2D eigenvalue weighted by atomic mass is 16.5. The van der Waals surface area contributed by atoms with Crippen molar-refractivity contribution in [3.63, 3.8) is 0 Å². The zero-order chi connectivity index (χ0) is 11.6. The third kappa shape index (κ3) is 5.25. The number of hydrogen-bond acceptors (Lipinski definition) is 4. The SMILES string of the molecule is CCOCCn1cnc(CNCCOC)c1. The highest BCUT2D eigenvalue weighted by Crippen LogP contribution is 1.95. The van der Waals surface area contributed by atoms with E-state index in [0.29, 0.717) is 0 Å². The van der Waals surface area contributed by atoms with Crippen LogP contribution >= 0.6 is 0 Å². The molecule has 1 heterocycles. The van der Waals surface area contributed by atoms with E-state index in [0.717, 1.165) is 45.1 Å². The van der Waals surface area contributed by atoms with Gasteiger partial charge in [-0.3, -0.25) is 0 Å². The lowest BCUT2D eigenvalue weighted by Gasteiger charge is -2.02. The van der Waals surface area contributed by atoms with E-state index in [1.807, 2.05) is 24.0 Å². The molecule has 0 spiro atoms. The topological polar surface area (TPSA) is 48.3 Å². The molecule has 0 saturated heterocycles. The number of imidazole rings is 1. The number of ether oxygens (including phenoxy) is 2. The lowest BCUT2D eigenvalue weighted by molar-refractivity contribution is 0.139.